The number of hydrogen-bond donors (Lipinski definition) is 2. The third kappa shape index (κ3) is 4.30. The molecule has 27 heavy (non-hydrogen) atoms. The number of rotatable bonds is 4. The van der Waals surface area contributed by atoms with E-state index in [0.717, 1.165) is 16.0 Å². The van der Waals surface area contributed by atoms with Crippen molar-refractivity contribution in [1.82, 2.24) is 0 Å². The lowest BCUT2D eigenvalue weighted by Gasteiger charge is -2.12. The van der Waals surface area contributed by atoms with Gasteiger partial charge in [0.1, 0.15) is 10.6 Å². The first-order valence-electron chi connectivity index (χ1n) is 8.11. The maximum absolute atomic E-state index is 12.5. The standard InChI is InChI=1S/C20H17ClN2O2S2/c1-12-16(13-8-4-3-5-9-13)17(19(24)25-2)18(27-12)23-20(26)22-15-11-7-6-10-14(15)21/h3-11H,1-2H3,(H2,22,23,26). The number of carbonyl (C=O) groups excluding carboxylic acids is 1. The molecule has 0 aliphatic rings. The molecule has 2 aromatic carbocycles. The highest BCUT2D eigenvalue weighted by molar-refractivity contribution is 7.80. The number of thiophene rings is 1. The molecule has 0 fully saturated rings. The van der Waals surface area contributed by atoms with Crippen LogP contribution in [0.15, 0.2) is 54.6 Å². The van der Waals surface area contributed by atoms with Gasteiger partial charge in [0.05, 0.1) is 17.8 Å². The number of aryl methyl sites for hydroxylation is 1. The molecular formula is C20H17ClN2O2S2. The first-order valence-corrected chi connectivity index (χ1v) is 9.71. The lowest BCUT2D eigenvalue weighted by atomic mass is 10.0. The number of para-hydroxylation sites is 1. The normalized spacial score (nSPS) is 10.3. The predicted octanol–water partition coefficient (Wildman–Crippen LogP) is 5.97. The van der Waals surface area contributed by atoms with Crippen molar-refractivity contribution in [3.05, 3.63) is 70.1 Å². The third-order valence-corrected chi connectivity index (χ3v) is 5.44. The molecule has 138 valence electrons. The van der Waals surface area contributed by atoms with Gasteiger partial charge in [0, 0.05) is 10.4 Å². The van der Waals surface area contributed by atoms with E-state index < -0.39 is 5.97 Å². The summed E-state index contributed by atoms with van der Waals surface area (Å²) in [5.41, 5.74) is 2.95. The zero-order valence-corrected chi connectivity index (χ0v) is 17.1. The summed E-state index contributed by atoms with van der Waals surface area (Å²) in [6.45, 7) is 1.97. The average molecular weight is 417 g/mol. The zero-order chi connectivity index (χ0) is 19.4. The Hall–Kier alpha value is -2.41. The summed E-state index contributed by atoms with van der Waals surface area (Å²) in [6.07, 6.45) is 0. The van der Waals surface area contributed by atoms with Crippen LogP contribution in [0.1, 0.15) is 15.2 Å². The van der Waals surface area contributed by atoms with Gasteiger partial charge in [-0.25, -0.2) is 4.79 Å². The summed E-state index contributed by atoms with van der Waals surface area (Å²) in [7, 11) is 1.37. The first kappa shape index (κ1) is 19.4. The molecule has 1 aromatic heterocycles. The van der Waals surface area contributed by atoms with Crippen LogP contribution >= 0.6 is 35.2 Å². The number of hydrogen-bond acceptors (Lipinski definition) is 4. The Balaban J connectivity index is 1.95. The fourth-order valence-corrected chi connectivity index (χ4v) is 4.23. The van der Waals surface area contributed by atoms with Crippen LogP contribution < -0.4 is 10.6 Å². The third-order valence-electron chi connectivity index (χ3n) is 3.89. The summed E-state index contributed by atoms with van der Waals surface area (Å²) in [5, 5.41) is 7.69. The SMILES string of the molecule is COC(=O)c1c(NC(=S)Nc2ccccc2Cl)sc(C)c1-c1ccccc1. The molecule has 0 bridgehead atoms. The molecule has 0 saturated carbocycles. The largest absolute Gasteiger partial charge is 0.465 e. The molecular weight excluding hydrogens is 400 g/mol. The summed E-state index contributed by atoms with van der Waals surface area (Å²) in [6, 6.07) is 17.0. The van der Waals surface area contributed by atoms with E-state index in [1.807, 2.05) is 55.5 Å². The minimum absolute atomic E-state index is 0.342. The van der Waals surface area contributed by atoms with Crippen molar-refractivity contribution in [2.45, 2.75) is 6.92 Å². The van der Waals surface area contributed by atoms with E-state index in [2.05, 4.69) is 10.6 Å². The van der Waals surface area contributed by atoms with Gasteiger partial charge in [-0.1, -0.05) is 54.1 Å². The van der Waals surface area contributed by atoms with Crippen LogP contribution in [0.25, 0.3) is 11.1 Å². The minimum atomic E-state index is -0.416. The van der Waals surface area contributed by atoms with Gasteiger partial charge in [0.2, 0.25) is 0 Å². The van der Waals surface area contributed by atoms with Crippen LogP contribution in [-0.2, 0) is 4.74 Å². The molecule has 0 aliphatic carbocycles. The molecule has 0 radical (unpaired) electrons. The average Bonchev–Trinajstić information content (AvgIpc) is 2.99. The molecule has 3 aromatic rings. The second kappa shape index (κ2) is 8.52. The van der Waals surface area contributed by atoms with Crippen molar-refractivity contribution in [3.63, 3.8) is 0 Å². The minimum Gasteiger partial charge on any atom is -0.465 e. The topological polar surface area (TPSA) is 50.4 Å². The molecule has 0 spiro atoms. The van der Waals surface area contributed by atoms with E-state index in [0.29, 0.717) is 26.4 Å². The van der Waals surface area contributed by atoms with Crippen molar-refractivity contribution < 1.29 is 9.53 Å². The Kier molecular flexibility index (Phi) is 6.11. The fourth-order valence-electron chi connectivity index (χ4n) is 2.70. The van der Waals surface area contributed by atoms with Crippen molar-refractivity contribution in [3.8, 4) is 11.1 Å². The molecule has 1 heterocycles. The lowest BCUT2D eigenvalue weighted by Crippen LogP contribution is -2.20. The number of methoxy groups -OCH3 is 1. The Labute approximate surface area is 172 Å². The number of nitrogens with one attached hydrogen (secondary N) is 2. The van der Waals surface area contributed by atoms with Gasteiger partial charge in [0.15, 0.2) is 5.11 Å². The summed E-state index contributed by atoms with van der Waals surface area (Å²) in [4.78, 5) is 13.5. The molecule has 0 unspecified atom stereocenters. The van der Waals surface area contributed by atoms with E-state index in [1.54, 1.807) is 6.07 Å². The van der Waals surface area contributed by atoms with Gasteiger partial charge in [-0.15, -0.1) is 11.3 Å². The smallest absolute Gasteiger partial charge is 0.341 e. The van der Waals surface area contributed by atoms with Crippen LogP contribution in [0, 0.1) is 6.92 Å². The zero-order valence-electron chi connectivity index (χ0n) is 14.7. The van der Waals surface area contributed by atoms with E-state index in [-0.39, 0.29) is 0 Å². The maximum atomic E-state index is 12.5. The predicted molar refractivity (Wildman–Crippen MR) is 117 cm³/mol. The number of benzene rings is 2. The highest BCUT2D eigenvalue weighted by Crippen LogP contribution is 2.40. The maximum Gasteiger partial charge on any atom is 0.341 e. The second-order valence-electron chi connectivity index (χ2n) is 5.65. The van der Waals surface area contributed by atoms with Gasteiger partial charge in [-0.3, -0.25) is 0 Å². The number of thiocarbonyl (C=S) groups is 1. The van der Waals surface area contributed by atoms with E-state index in [9.17, 15) is 4.79 Å². The van der Waals surface area contributed by atoms with Gasteiger partial charge >= 0.3 is 5.97 Å². The van der Waals surface area contributed by atoms with Crippen LogP contribution in [0.2, 0.25) is 5.02 Å². The Morgan fingerprint density at radius 2 is 1.74 bits per heavy atom. The van der Waals surface area contributed by atoms with Crippen LogP contribution in [0.3, 0.4) is 0 Å². The summed E-state index contributed by atoms with van der Waals surface area (Å²) in [5.74, 6) is -0.416. The van der Waals surface area contributed by atoms with E-state index in [1.165, 1.54) is 18.4 Å². The highest BCUT2D eigenvalue weighted by Gasteiger charge is 2.24. The Bertz CT molecular complexity index is 987. The van der Waals surface area contributed by atoms with Crippen LogP contribution in [0.4, 0.5) is 10.7 Å². The summed E-state index contributed by atoms with van der Waals surface area (Å²) >= 11 is 13.0. The monoisotopic (exact) mass is 416 g/mol. The fraction of sp³-hybridized carbons (Fsp3) is 0.100. The van der Waals surface area contributed by atoms with Gasteiger partial charge in [-0.05, 0) is 36.8 Å². The molecule has 7 heteroatoms. The number of carbonyl (C=O) groups is 1. The van der Waals surface area contributed by atoms with Crippen molar-refractivity contribution >= 4 is 56.9 Å². The molecule has 0 saturated heterocycles. The molecule has 0 atom stereocenters. The highest BCUT2D eigenvalue weighted by atomic mass is 35.5. The molecule has 2 N–H and O–H groups in total. The first-order chi connectivity index (χ1) is 13.0. The van der Waals surface area contributed by atoms with Crippen molar-refractivity contribution in [2.24, 2.45) is 0 Å². The van der Waals surface area contributed by atoms with E-state index in [4.69, 9.17) is 28.6 Å². The lowest BCUT2D eigenvalue weighted by molar-refractivity contribution is 0.0603. The van der Waals surface area contributed by atoms with Crippen LogP contribution in [0.5, 0.6) is 0 Å². The Morgan fingerprint density at radius 1 is 1.07 bits per heavy atom. The van der Waals surface area contributed by atoms with Crippen molar-refractivity contribution in [1.29, 1.82) is 0 Å². The number of anilines is 2. The number of esters is 1. The molecule has 4 nitrogen and oxygen atoms in total. The Morgan fingerprint density at radius 3 is 2.41 bits per heavy atom. The van der Waals surface area contributed by atoms with Crippen molar-refractivity contribution in [2.75, 3.05) is 17.7 Å². The number of halogens is 1. The molecule has 3 rings (SSSR count). The number of ether oxygens (including phenoxy) is 1. The van der Waals surface area contributed by atoms with Gasteiger partial charge < -0.3 is 15.4 Å². The second-order valence-corrected chi connectivity index (χ2v) is 7.69. The van der Waals surface area contributed by atoms with E-state index >= 15 is 0 Å². The van der Waals surface area contributed by atoms with Gasteiger partial charge in [0.25, 0.3) is 0 Å². The quantitative estimate of drug-likeness (QED) is 0.405. The molecule has 0 aliphatic heterocycles. The molecule has 0 amide bonds. The van der Waals surface area contributed by atoms with Crippen LogP contribution in [-0.4, -0.2) is 18.2 Å². The van der Waals surface area contributed by atoms with Gasteiger partial charge in [-0.2, -0.15) is 0 Å². The summed E-state index contributed by atoms with van der Waals surface area (Å²) < 4.78 is 5.01.